The number of hydrogen-bond donors (Lipinski definition) is 1. The number of piperidine rings is 1. The molecule has 4 fully saturated rings. The first-order chi connectivity index (χ1) is 21.5. The van der Waals surface area contributed by atoms with Crippen LogP contribution in [0.4, 0.5) is 5.82 Å². The summed E-state index contributed by atoms with van der Waals surface area (Å²) < 4.78 is 18.6. The number of aromatic nitrogens is 3. The number of nitriles is 1. The van der Waals surface area contributed by atoms with Crippen LogP contribution in [0.3, 0.4) is 0 Å². The second kappa shape index (κ2) is 10.5. The number of pyridine rings is 1. The lowest BCUT2D eigenvalue weighted by Gasteiger charge is -2.39. The molecule has 6 aliphatic rings. The molecule has 5 atom stereocenters. The Kier molecular flexibility index (Phi) is 6.51. The third-order valence-corrected chi connectivity index (χ3v) is 10.0. The number of carbonyl (C=O) groups is 3. The van der Waals surface area contributed by atoms with Gasteiger partial charge in [0.05, 0.1) is 17.7 Å². The largest absolute Gasteiger partial charge is 0.484 e. The second-order valence-electron chi connectivity index (χ2n) is 12.7. The zero-order valence-electron chi connectivity index (χ0n) is 24.6. The Balaban J connectivity index is 1.22. The van der Waals surface area contributed by atoms with Gasteiger partial charge in [0.25, 0.3) is 23.6 Å². The fourth-order valence-electron chi connectivity index (χ4n) is 7.64. The molecule has 2 saturated carbocycles. The predicted octanol–water partition coefficient (Wildman–Crippen LogP) is 2.19. The minimum absolute atomic E-state index is 0.0327. The topological polar surface area (TPSA) is 152 Å². The van der Waals surface area contributed by atoms with Crippen molar-refractivity contribution in [1.82, 2.24) is 25.0 Å². The van der Waals surface area contributed by atoms with Gasteiger partial charge in [-0.15, -0.1) is 0 Å². The minimum Gasteiger partial charge on any atom is -0.484 e. The summed E-state index contributed by atoms with van der Waals surface area (Å²) in [4.78, 5) is 50.1. The number of fused-ring (bicyclic) bond motifs is 3. The molecular weight excluding hydrogens is 566 g/mol. The van der Waals surface area contributed by atoms with E-state index in [1.165, 1.54) is 6.20 Å². The Morgan fingerprint density at radius 3 is 2.64 bits per heavy atom. The van der Waals surface area contributed by atoms with E-state index in [0.717, 1.165) is 24.8 Å². The van der Waals surface area contributed by atoms with Crippen LogP contribution >= 0.6 is 0 Å². The van der Waals surface area contributed by atoms with E-state index in [9.17, 15) is 19.6 Å². The molecule has 2 aliphatic carbocycles. The highest BCUT2D eigenvalue weighted by Crippen LogP contribution is 2.53. The Morgan fingerprint density at radius 1 is 1.09 bits per heavy atom. The van der Waals surface area contributed by atoms with Crippen LogP contribution in [-0.2, 0) is 9.53 Å². The Labute approximate surface area is 254 Å². The van der Waals surface area contributed by atoms with Gasteiger partial charge in [-0.25, -0.2) is 9.67 Å². The quantitative estimate of drug-likeness (QED) is 0.525. The highest BCUT2D eigenvalue weighted by atomic mass is 16.6. The van der Waals surface area contributed by atoms with Crippen LogP contribution in [0.2, 0.25) is 0 Å². The van der Waals surface area contributed by atoms with Gasteiger partial charge >= 0.3 is 0 Å². The maximum absolute atomic E-state index is 14.4. The Morgan fingerprint density at radius 2 is 1.89 bits per heavy atom. The van der Waals surface area contributed by atoms with Gasteiger partial charge in [0.1, 0.15) is 31.1 Å². The lowest BCUT2D eigenvalue weighted by Crippen LogP contribution is -2.56. The fraction of sp³-hybridized carbons (Fsp3) is 0.613. The van der Waals surface area contributed by atoms with Gasteiger partial charge in [0.15, 0.2) is 11.4 Å². The molecule has 2 aromatic heterocycles. The number of anilines is 1. The van der Waals surface area contributed by atoms with Gasteiger partial charge in [-0.2, -0.15) is 10.4 Å². The lowest BCUT2D eigenvalue weighted by atomic mass is 9.82. The van der Waals surface area contributed by atoms with Gasteiger partial charge in [-0.05, 0) is 57.3 Å². The summed E-state index contributed by atoms with van der Waals surface area (Å²) in [6.45, 7) is 4.13. The average Bonchev–Trinajstić information content (AvgIpc) is 3.98. The van der Waals surface area contributed by atoms with E-state index in [1.54, 1.807) is 15.9 Å². The molecular formula is C31H35N7O6. The van der Waals surface area contributed by atoms with Gasteiger partial charge in [-0.3, -0.25) is 19.3 Å². The van der Waals surface area contributed by atoms with Crippen LogP contribution in [0.1, 0.15) is 83.8 Å². The third-order valence-electron chi connectivity index (χ3n) is 10.0. The molecule has 44 heavy (non-hydrogen) atoms. The first-order valence-electron chi connectivity index (χ1n) is 15.8. The Hall–Kier alpha value is -4.18. The normalized spacial score (nSPS) is 29.1. The summed E-state index contributed by atoms with van der Waals surface area (Å²) >= 11 is 0. The average molecular weight is 602 g/mol. The first kappa shape index (κ1) is 27.4. The molecule has 2 aromatic rings. The van der Waals surface area contributed by atoms with E-state index in [1.807, 2.05) is 11.6 Å². The van der Waals surface area contributed by atoms with Crippen molar-refractivity contribution in [3.05, 3.63) is 29.1 Å². The van der Waals surface area contributed by atoms with Crippen molar-refractivity contribution in [2.75, 3.05) is 37.9 Å². The zero-order chi connectivity index (χ0) is 30.1. The van der Waals surface area contributed by atoms with E-state index < -0.39 is 23.9 Å². The van der Waals surface area contributed by atoms with Gasteiger partial charge in [0, 0.05) is 49.5 Å². The van der Waals surface area contributed by atoms with Crippen LogP contribution in [0.15, 0.2) is 12.3 Å². The van der Waals surface area contributed by atoms with E-state index in [-0.39, 0.29) is 35.4 Å². The molecule has 4 aliphatic heterocycles. The molecule has 0 radical (unpaired) electrons. The summed E-state index contributed by atoms with van der Waals surface area (Å²) in [6.07, 6.45) is 6.21. The minimum atomic E-state index is -0.895. The van der Waals surface area contributed by atoms with Gasteiger partial charge in [-0.1, -0.05) is 0 Å². The van der Waals surface area contributed by atoms with Crippen molar-refractivity contribution in [3.63, 3.8) is 0 Å². The maximum atomic E-state index is 14.4. The molecule has 3 amide bonds. The van der Waals surface area contributed by atoms with Crippen LogP contribution in [0, 0.1) is 23.2 Å². The van der Waals surface area contributed by atoms with E-state index in [4.69, 9.17) is 19.3 Å². The summed E-state index contributed by atoms with van der Waals surface area (Å²) in [5, 5.41) is 17.9. The number of likely N-dealkylation sites (tertiary alicyclic amines) is 1. The molecule has 2 saturated heterocycles. The van der Waals surface area contributed by atoms with Crippen LogP contribution in [0.25, 0.3) is 0 Å². The number of carbonyl (C=O) groups excluding carboxylic acids is 3. The van der Waals surface area contributed by atoms with E-state index in [2.05, 4.69) is 16.4 Å². The lowest BCUT2D eigenvalue weighted by molar-refractivity contribution is -0.121. The number of rotatable bonds is 6. The number of nitrogens with one attached hydrogen (secondary N) is 1. The fourth-order valence-corrected chi connectivity index (χ4v) is 7.64. The summed E-state index contributed by atoms with van der Waals surface area (Å²) in [5.41, 5.74) is 1.28. The molecule has 1 N–H and O–H groups in total. The molecule has 13 nitrogen and oxygen atoms in total. The number of ether oxygens (including phenoxy) is 3. The Bertz CT molecular complexity index is 1570. The van der Waals surface area contributed by atoms with Crippen LogP contribution in [-0.4, -0.2) is 88.5 Å². The number of amides is 3. The van der Waals surface area contributed by atoms with Crippen molar-refractivity contribution in [1.29, 1.82) is 5.26 Å². The molecule has 0 aromatic carbocycles. The van der Waals surface area contributed by atoms with Gasteiger partial charge < -0.3 is 24.4 Å². The number of hydrogen-bond acceptors (Lipinski definition) is 9. The SMILES string of the molecule is CCN1C(=O)[C@@H](NC(=O)c2cnc3c(c2)OCCO3)[C@@H](C2CC2)c2c(C(=O)N3[C@H](C#N)C[C@H]4C[C@H]43)nn(C3CCOCC3)c21. The predicted molar refractivity (Wildman–Crippen MR) is 153 cm³/mol. The van der Waals surface area contributed by atoms with Crippen molar-refractivity contribution in [2.45, 2.75) is 75.5 Å². The highest BCUT2D eigenvalue weighted by Gasteiger charge is 2.57. The molecule has 8 rings (SSSR count). The standard InChI is InChI=1S/C31H35N7O6/c1-2-36-29-24(26(35-38(29)19-5-7-42-8-6-19)31(41)37-20(14-32)11-17-12-21(17)37)23(16-3-4-16)25(30(36)40)34-27(39)18-13-22-28(33-15-18)44-10-9-43-22/h13,15-17,19-21,23,25H,2-12H2,1H3,(H,34,39)/t17-,20-,21+,23-,25-/m0/s1. The van der Waals surface area contributed by atoms with Crippen LogP contribution in [0.5, 0.6) is 11.6 Å². The molecule has 6 heterocycles. The smallest absolute Gasteiger partial charge is 0.276 e. The van der Waals surface area contributed by atoms with Crippen molar-refractivity contribution >= 4 is 23.5 Å². The summed E-state index contributed by atoms with van der Waals surface area (Å²) in [6, 6.07) is 2.56. The summed E-state index contributed by atoms with van der Waals surface area (Å²) in [7, 11) is 0. The zero-order valence-corrected chi connectivity index (χ0v) is 24.6. The van der Waals surface area contributed by atoms with Crippen molar-refractivity contribution in [2.24, 2.45) is 11.8 Å². The maximum Gasteiger partial charge on any atom is 0.276 e. The second-order valence-corrected chi connectivity index (χ2v) is 12.7. The number of nitrogens with zero attached hydrogens (tertiary/aromatic N) is 6. The van der Waals surface area contributed by atoms with Crippen molar-refractivity contribution < 1.29 is 28.6 Å². The molecule has 0 unspecified atom stereocenters. The third kappa shape index (κ3) is 4.33. The van der Waals surface area contributed by atoms with E-state index in [0.29, 0.717) is 81.3 Å². The molecule has 230 valence electrons. The monoisotopic (exact) mass is 601 g/mol. The van der Waals surface area contributed by atoms with Crippen molar-refractivity contribution in [3.8, 4) is 17.7 Å². The summed E-state index contributed by atoms with van der Waals surface area (Å²) in [5.74, 6) is 0.482. The molecule has 13 heteroatoms. The highest BCUT2D eigenvalue weighted by molar-refractivity contribution is 6.07. The number of likely N-dealkylation sites (N-methyl/N-ethyl adjacent to an activating group) is 1. The van der Waals surface area contributed by atoms with E-state index >= 15 is 0 Å². The first-order valence-corrected chi connectivity index (χ1v) is 15.8. The van der Waals surface area contributed by atoms with Gasteiger partial charge in [0.2, 0.25) is 0 Å². The molecule has 0 spiro atoms. The van der Waals surface area contributed by atoms with Crippen LogP contribution < -0.4 is 19.7 Å². The molecule has 0 bridgehead atoms.